The van der Waals surface area contributed by atoms with E-state index >= 15 is 0 Å². The van der Waals surface area contributed by atoms with Gasteiger partial charge in [0.05, 0.1) is 6.54 Å². The van der Waals surface area contributed by atoms with Crippen LogP contribution in [0.25, 0.3) is 0 Å². The number of imidazole rings is 1. The smallest absolute Gasteiger partial charge is 0.226 e. The fourth-order valence-corrected chi connectivity index (χ4v) is 4.91. The third-order valence-corrected chi connectivity index (χ3v) is 6.83. The van der Waals surface area contributed by atoms with Crippen LogP contribution in [0.2, 0.25) is 0 Å². The Bertz CT molecular complexity index is 820. The zero-order valence-electron chi connectivity index (χ0n) is 18.0. The number of aryl methyl sites for hydroxylation is 1. The van der Waals surface area contributed by atoms with Crippen molar-refractivity contribution < 1.29 is 9.18 Å². The van der Waals surface area contributed by atoms with Crippen LogP contribution >= 0.6 is 0 Å². The third kappa shape index (κ3) is 5.09. The van der Waals surface area contributed by atoms with Gasteiger partial charge in [-0.1, -0.05) is 25.0 Å². The van der Waals surface area contributed by atoms with Gasteiger partial charge in [0.15, 0.2) is 0 Å². The van der Waals surface area contributed by atoms with Crippen molar-refractivity contribution in [1.82, 2.24) is 19.4 Å². The van der Waals surface area contributed by atoms with E-state index in [-0.39, 0.29) is 11.7 Å². The molecule has 0 N–H and O–H groups in total. The van der Waals surface area contributed by atoms with Crippen molar-refractivity contribution >= 4 is 5.91 Å². The molecular formula is C24H33FN4O. The molecular weight excluding hydrogens is 379 g/mol. The number of rotatable bonds is 7. The number of benzene rings is 1. The van der Waals surface area contributed by atoms with Crippen LogP contribution < -0.4 is 0 Å². The van der Waals surface area contributed by atoms with E-state index in [9.17, 15) is 9.18 Å². The highest BCUT2D eigenvalue weighted by atomic mass is 19.1. The molecule has 6 heteroatoms. The summed E-state index contributed by atoms with van der Waals surface area (Å²) in [6, 6.07) is 7.07. The van der Waals surface area contributed by atoms with E-state index in [1.54, 1.807) is 0 Å². The Labute approximate surface area is 178 Å². The molecule has 0 atom stereocenters. The highest BCUT2D eigenvalue weighted by Crippen LogP contribution is 2.28. The zero-order valence-corrected chi connectivity index (χ0v) is 18.0. The van der Waals surface area contributed by atoms with Gasteiger partial charge in [0.1, 0.15) is 11.6 Å². The summed E-state index contributed by atoms with van der Waals surface area (Å²) in [5, 5.41) is 0. The van der Waals surface area contributed by atoms with E-state index < -0.39 is 0 Å². The average Bonchev–Trinajstić information content (AvgIpc) is 3.42. The van der Waals surface area contributed by atoms with Crippen LogP contribution in [0, 0.1) is 11.7 Å². The van der Waals surface area contributed by atoms with Gasteiger partial charge in [-0.3, -0.25) is 9.69 Å². The Morgan fingerprint density at radius 3 is 2.47 bits per heavy atom. The summed E-state index contributed by atoms with van der Waals surface area (Å²) in [5.74, 6) is 1.32. The Morgan fingerprint density at radius 2 is 1.83 bits per heavy atom. The van der Waals surface area contributed by atoms with E-state index in [1.165, 1.54) is 25.0 Å². The largest absolute Gasteiger partial charge is 0.339 e. The maximum Gasteiger partial charge on any atom is 0.226 e. The molecule has 0 radical (unpaired) electrons. The van der Waals surface area contributed by atoms with Crippen molar-refractivity contribution in [2.75, 3.05) is 19.6 Å². The van der Waals surface area contributed by atoms with E-state index in [0.29, 0.717) is 11.9 Å². The Morgan fingerprint density at radius 1 is 1.13 bits per heavy atom. The SMILES string of the molecule is Cn1ccnc1CN1CCC(C(=O)N(CCc2ccc(F)cc2)C2CCCC2)CC1. The first-order chi connectivity index (χ1) is 14.6. The number of carbonyl (C=O) groups is 1. The van der Waals surface area contributed by atoms with Crippen molar-refractivity contribution in [3.05, 3.63) is 53.9 Å². The number of hydrogen-bond acceptors (Lipinski definition) is 3. The molecule has 2 fully saturated rings. The first kappa shape index (κ1) is 21.0. The van der Waals surface area contributed by atoms with Gasteiger partial charge in [-0.25, -0.2) is 9.37 Å². The maximum absolute atomic E-state index is 13.5. The molecule has 4 rings (SSSR count). The van der Waals surface area contributed by atoms with Gasteiger partial charge in [0.2, 0.25) is 5.91 Å². The van der Waals surface area contributed by atoms with E-state index in [1.807, 2.05) is 31.6 Å². The summed E-state index contributed by atoms with van der Waals surface area (Å²) >= 11 is 0. The highest BCUT2D eigenvalue weighted by Gasteiger charge is 2.33. The minimum atomic E-state index is -0.209. The highest BCUT2D eigenvalue weighted by molar-refractivity contribution is 5.79. The fourth-order valence-electron chi connectivity index (χ4n) is 4.91. The van der Waals surface area contributed by atoms with Gasteiger partial charge in [-0.2, -0.15) is 0 Å². The fraction of sp³-hybridized carbons (Fsp3) is 0.583. The second-order valence-electron chi connectivity index (χ2n) is 8.85. The molecule has 1 aliphatic heterocycles. The molecule has 1 aliphatic carbocycles. The molecule has 1 saturated heterocycles. The lowest BCUT2D eigenvalue weighted by Crippen LogP contribution is -2.46. The summed E-state index contributed by atoms with van der Waals surface area (Å²) < 4.78 is 15.3. The lowest BCUT2D eigenvalue weighted by Gasteiger charge is -2.36. The molecule has 1 aromatic carbocycles. The van der Waals surface area contributed by atoms with Gasteiger partial charge in [-0.15, -0.1) is 0 Å². The summed E-state index contributed by atoms with van der Waals surface area (Å²) in [6.07, 6.45) is 11.1. The van der Waals surface area contributed by atoms with Crippen LogP contribution in [-0.2, 0) is 24.8 Å². The zero-order chi connectivity index (χ0) is 20.9. The minimum Gasteiger partial charge on any atom is -0.339 e. The van der Waals surface area contributed by atoms with E-state index in [4.69, 9.17) is 0 Å². The maximum atomic E-state index is 13.5. The van der Waals surface area contributed by atoms with Gasteiger partial charge in [0, 0.05) is 37.9 Å². The summed E-state index contributed by atoms with van der Waals surface area (Å²) in [6.45, 7) is 3.48. The van der Waals surface area contributed by atoms with E-state index in [0.717, 1.165) is 69.7 Å². The first-order valence-corrected chi connectivity index (χ1v) is 11.3. The van der Waals surface area contributed by atoms with E-state index in [2.05, 4.69) is 19.4 Å². The van der Waals surface area contributed by atoms with Gasteiger partial charge < -0.3 is 9.47 Å². The van der Waals surface area contributed by atoms with Gasteiger partial charge in [-0.05, 0) is 62.9 Å². The van der Waals surface area contributed by atoms with Crippen LogP contribution in [0.4, 0.5) is 4.39 Å². The van der Waals surface area contributed by atoms with Crippen LogP contribution in [-0.4, -0.2) is 50.9 Å². The second-order valence-corrected chi connectivity index (χ2v) is 8.85. The van der Waals surface area contributed by atoms with Gasteiger partial charge in [0.25, 0.3) is 0 Å². The molecule has 1 amide bonds. The van der Waals surface area contributed by atoms with Crippen LogP contribution in [0.15, 0.2) is 36.7 Å². The molecule has 2 aromatic rings. The summed E-state index contributed by atoms with van der Waals surface area (Å²) in [4.78, 5) is 22.5. The number of likely N-dealkylation sites (tertiary alicyclic amines) is 1. The lowest BCUT2D eigenvalue weighted by molar-refractivity contribution is -0.139. The molecule has 2 heterocycles. The van der Waals surface area contributed by atoms with Crippen molar-refractivity contribution in [1.29, 1.82) is 0 Å². The average molecular weight is 413 g/mol. The van der Waals surface area contributed by atoms with Crippen molar-refractivity contribution in [2.45, 2.75) is 57.5 Å². The standard InChI is InChI=1S/C24H33FN4O/c1-27-17-13-26-23(27)18-28-14-11-20(12-15-28)24(30)29(22-4-2-3-5-22)16-10-19-6-8-21(25)9-7-19/h6-9,13,17,20,22H,2-5,10-12,14-16,18H2,1H3. The monoisotopic (exact) mass is 412 g/mol. The Kier molecular flexibility index (Phi) is 6.82. The number of nitrogens with zero attached hydrogens (tertiary/aromatic N) is 4. The third-order valence-electron chi connectivity index (χ3n) is 6.83. The molecule has 0 unspecified atom stereocenters. The van der Waals surface area contributed by atoms with Crippen LogP contribution in [0.3, 0.4) is 0 Å². The number of carbonyl (C=O) groups excluding carboxylic acids is 1. The quantitative estimate of drug-likeness (QED) is 0.695. The predicted molar refractivity (Wildman–Crippen MR) is 115 cm³/mol. The molecule has 1 aromatic heterocycles. The lowest BCUT2D eigenvalue weighted by atomic mass is 9.94. The predicted octanol–water partition coefficient (Wildman–Crippen LogP) is 3.79. The number of amides is 1. The van der Waals surface area contributed by atoms with Crippen molar-refractivity contribution in [3.63, 3.8) is 0 Å². The first-order valence-electron chi connectivity index (χ1n) is 11.3. The molecule has 2 aliphatic rings. The van der Waals surface area contributed by atoms with Crippen LogP contribution in [0.5, 0.6) is 0 Å². The number of piperidine rings is 1. The van der Waals surface area contributed by atoms with Gasteiger partial charge >= 0.3 is 0 Å². The minimum absolute atomic E-state index is 0.122. The van der Waals surface area contributed by atoms with Crippen LogP contribution in [0.1, 0.15) is 49.9 Å². The second kappa shape index (κ2) is 9.73. The Hall–Kier alpha value is -2.21. The topological polar surface area (TPSA) is 41.4 Å². The number of halogens is 1. The molecule has 30 heavy (non-hydrogen) atoms. The molecule has 1 saturated carbocycles. The Balaban J connectivity index is 1.34. The van der Waals surface area contributed by atoms with Crippen molar-refractivity contribution in [3.8, 4) is 0 Å². The molecule has 0 bridgehead atoms. The molecule has 5 nitrogen and oxygen atoms in total. The summed E-state index contributed by atoms with van der Waals surface area (Å²) in [5.41, 5.74) is 1.09. The normalized spacial score (nSPS) is 18.7. The van der Waals surface area contributed by atoms with Crippen molar-refractivity contribution in [2.24, 2.45) is 13.0 Å². The molecule has 0 spiro atoms. The summed E-state index contributed by atoms with van der Waals surface area (Å²) in [7, 11) is 2.03. The molecule has 162 valence electrons. The number of aromatic nitrogens is 2. The number of hydrogen-bond donors (Lipinski definition) is 0.